The molecule has 104 valence electrons. The molecule has 21 heavy (non-hydrogen) atoms. The molecule has 0 aromatic heterocycles. The molecule has 5 nitrogen and oxygen atoms in total. The lowest BCUT2D eigenvalue weighted by molar-refractivity contribution is 0.0692. The molecule has 2 rings (SSSR count). The third-order valence-corrected chi connectivity index (χ3v) is 3.03. The van der Waals surface area contributed by atoms with Crippen molar-refractivity contribution in [2.24, 2.45) is 0 Å². The highest BCUT2D eigenvalue weighted by molar-refractivity contribution is 6.11. The number of nitrogens with zero attached hydrogens (tertiary/aromatic N) is 1. The number of benzene rings is 2. The van der Waals surface area contributed by atoms with E-state index in [1.165, 1.54) is 12.1 Å². The largest absolute Gasteiger partial charge is 0.478 e. The minimum atomic E-state index is -1.18. The molecule has 0 atom stereocenters. The number of amides is 1. The summed E-state index contributed by atoms with van der Waals surface area (Å²) in [7, 11) is 0. The summed E-state index contributed by atoms with van der Waals surface area (Å²) in [6.07, 6.45) is 0. The lowest BCUT2D eigenvalue weighted by atomic mass is 10.1. The van der Waals surface area contributed by atoms with Gasteiger partial charge in [-0.1, -0.05) is 24.3 Å². The molecule has 0 heterocycles. The summed E-state index contributed by atoms with van der Waals surface area (Å²) >= 11 is 0. The average Bonchev–Trinajstić information content (AvgIpc) is 2.47. The van der Waals surface area contributed by atoms with Crippen LogP contribution in [0.1, 0.15) is 31.8 Å². The van der Waals surface area contributed by atoms with Crippen LogP contribution in [0.4, 0.5) is 5.69 Å². The second-order valence-corrected chi connectivity index (χ2v) is 4.41. The second-order valence-electron chi connectivity index (χ2n) is 4.41. The predicted octanol–water partition coefficient (Wildman–Crippen LogP) is 2.82. The van der Waals surface area contributed by atoms with Gasteiger partial charge in [0, 0.05) is 0 Å². The fourth-order valence-corrected chi connectivity index (χ4v) is 1.98. The molecule has 0 fully saturated rings. The van der Waals surface area contributed by atoms with Gasteiger partial charge in [-0.2, -0.15) is 5.26 Å². The number of carboxylic acid groups (broad SMARTS) is 1. The van der Waals surface area contributed by atoms with E-state index in [2.05, 4.69) is 5.32 Å². The molecule has 0 saturated heterocycles. The van der Waals surface area contributed by atoms with Crippen molar-refractivity contribution in [2.45, 2.75) is 6.92 Å². The Morgan fingerprint density at radius 1 is 1.10 bits per heavy atom. The summed E-state index contributed by atoms with van der Waals surface area (Å²) in [6, 6.07) is 13.0. The van der Waals surface area contributed by atoms with Gasteiger partial charge in [0.1, 0.15) is 6.07 Å². The minimum absolute atomic E-state index is 0.0513. The Morgan fingerprint density at radius 3 is 2.38 bits per heavy atom. The molecule has 0 bridgehead atoms. The highest BCUT2D eigenvalue weighted by Gasteiger charge is 2.17. The third kappa shape index (κ3) is 2.90. The Kier molecular flexibility index (Phi) is 4.00. The molecular formula is C16H12N2O3. The molecule has 5 heteroatoms. The summed E-state index contributed by atoms with van der Waals surface area (Å²) in [6.45, 7) is 1.76. The zero-order valence-corrected chi connectivity index (χ0v) is 11.3. The smallest absolute Gasteiger partial charge is 0.336 e. The number of nitrogens with one attached hydrogen (secondary N) is 1. The number of hydrogen-bond acceptors (Lipinski definition) is 3. The predicted molar refractivity (Wildman–Crippen MR) is 77.2 cm³/mol. The number of aryl methyl sites for hydroxylation is 1. The molecule has 0 aliphatic carbocycles. The number of anilines is 1. The van der Waals surface area contributed by atoms with Crippen LogP contribution in [0.2, 0.25) is 0 Å². The highest BCUT2D eigenvalue weighted by Crippen LogP contribution is 2.20. The first-order chi connectivity index (χ1) is 10.0. The van der Waals surface area contributed by atoms with Gasteiger partial charge in [-0.25, -0.2) is 4.79 Å². The first kappa shape index (κ1) is 14.3. The Morgan fingerprint density at radius 2 is 1.76 bits per heavy atom. The molecule has 2 N–H and O–H groups in total. The van der Waals surface area contributed by atoms with E-state index in [9.17, 15) is 9.59 Å². The fraction of sp³-hybridized carbons (Fsp3) is 0.0625. The monoisotopic (exact) mass is 280 g/mol. The Hall–Kier alpha value is -3.13. The molecule has 2 aromatic rings. The molecule has 2 aromatic carbocycles. The molecule has 0 aliphatic rings. The Bertz CT molecular complexity index is 760. The standard InChI is InChI=1S/C16H12N2O3/c1-10-5-4-8-14(13(10)9-17)18-15(19)11-6-2-3-7-12(11)16(20)21/h2-8H,1H3,(H,18,19)(H,20,21). The molecule has 0 spiro atoms. The molecular weight excluding hydrogens is 268 g/mol. The van der Waals surface area contributed by atoms with Crippen LogP contribution in [0.5, 0.6) is 0 Å². The minimum Gasteiger partial charge on any atom is -0.478 e. The Labute approximate surface area is 121 Å². The van der Waals surface area contributed by atoms with Crippen LogP contribution >= 0.6 is 0 Å². The van der Waals surface area contributed by atoms with Crippen LogP contribution in [0, 0.1) is 18.3 Å². The maximum Gasteiger partial charge on any atom is 0.336 e. The number of carbonyl (C=O) groups excluding carboxylic acids is 1. The van der Waals surface area contributed by atoms with E-state index in [1.54, 1.807) is 37.3 Å². The molecule has 0 unspecified atom stereocenters. The van der Waals surface area contributed by atoms with Gasteiger partial charge in [0.05, 0.1) is 22.4 Å². The summed E-state index contributed by atoms with van der Waals surface area (Å²) in [4.78, 5) is 23.4. The van der Waals surface area contributed by atoms with Gasteiger partial charge in [-0.05, 0) is 30.7 Å². The normalized spacial score (nSPS) is 9.71. The van der Waals surface area contributed by atoms with E-state index in [-0.39, 0.29) is 11.1 Å². The first-order valence-electron chi connectivity index (χ1n) is 6.18. The number of hydrogen-bond donors (Lipinski definition) is 2. The van der Waals surface area contributed by atoms with E-state index in [0.717, 1.165) is 5.56 Å². The van der Waals surface area contributed by atoms with E-state index in [4.69, 9.17) is 10.4 Å². The van der Waals surface area contributed by atoms with Crippen LogP contribution in [0.3, 0.4) is 0 Å². The summed E-state index contributed by atoms with van der Waals surface area (Å²) in [5, 5.41) is 20.8. The fourth-order valence-electron chi connectivity index (χ4n) is 1.98. The zero-order valence-electron chi connectivity index (χ0n) is 11.3. The van der Waals surface area contributed by atoms with Gasteiger partial charge in [0.15, 0.2) is 0 Å². The number of rotatable bonds is 3. The van der Waals surface area contributed by atoms with Crippen molar-refractivity contribution >= 4 is 17.6 Å². The van der Waals surface area contributed by atoms with E-state index < -0.39 is 11.9 Å². The van der Waals surface area contributed by atoms with E-state index in [1.807, 2.05) is 6.07 Å². The van der Waals surface area contributed by atoms with Gasteiger partial charge < -0.3 is 10.4 Å². The van der Waals surface area contributed by atoms with Gasteiger partial charge in [-0.3, -0.25) is 4.79 Å². The van der Waals surface area contributed by atoms with Crippen LogP contribution in [-0.4, -0.2) is 17.0 Å². The van der Waals surface area contributed by atoms with Gasteiger partial charge in [-0.15, -0.1) is 0 Å². The number of carboxylic acids is 1. The van der Waals surface area contributed by atoms with Gasteiger partial charge in [0.25, 0.3) is 5.91 Å². The number of carbonyl (C=O) groups is 2. The summed E-state index contributed by atoms with van der Waals surface area (Å²) in [5.41, 5.74) is 1.43. The summed E-state index contributed by atoms with van der Waals surface area (Å²) in [5.74, 6) is -1.74. The van der Waals surface area contributed by atoms with Crippen molar-refractivity contribution in [3.8, 4) is 6.07 Å². The zero-order chi connectivity index (χ0) is 15.4. The summed E-state index contributed by atoms with van der Waals surface area (Å²) < 4.78 is 0. The highest BCUT2D eigenvalue weighted by atomic mass is 16.4. The maximum atomic E-state index is 12.2. The topological polar surface area (TPSA) is 90.2 Å². The first-order valence-corrected chi connectivity index (χ1v) is 6.18. The Balaban J connectivity index is 2.38. The van der Waals surface area contributed by atoms with Crippen molar-refractivity contribution in [2.75, 3.05) is 5.32 Å². The van der Waals surface area contributed by atoms with Crippen molar-refractivity contribution in [3.63, 3.8) is 0 Å². The lowest BCUT2D eigenvalue weighted by Gasteiger charge is -2.10. The SMILES string of the molecule is Cc1cccc(NC(=O)c2ccccc2C(=O)O)c1C#N. The quantitative estimate of drug-likeness (QED) is 0.904. The molecule has 0 aliphatic heterocycles. The van der Waals surface area contributed by atoms with Crippen LogP contribution in [0.25, 0.3) is 0 Å². The average molecular weight is 280 g/mol. The second kappa shape index (κ2) is 5.88. The van der Waals surface area contributed by atoms with Gasteiger partial charge >= 0.3 is 5.97 Å². The van der Waals surface area contributed by atoms with Crippen LogP contribution < -0.4 is 5.32 Å². The van der Waals surface area contributed by atoms with E-state index in [0.29, 0.717) is 11.3 Å². The van der Waals surface area contributed by atoms with Gasteiger partial charge in [0.2, 0.25) is 0 Å². The molecule has 0 radical (unpaired) electrons. The van der Waals surface area contributed by atoms with Crippen LogP contribution in [-0.2, 0) is 0 Å². The van der Waals surface area contributed by atoms with Crippen molar-refractivity contribution < 1.29 is 14.7 Å². The van der Waals surface area contributed by atoms with Crippen molar-refractivity contribution in [1.29, 1.82) is 5.26 Å². The molecule has 0 saturated carbocycles. The third-order valence-electron chi connectivity index (χ3n) is 3.03. The van der Waals surface area contributed by atoms with Crippen molar-refractivity contribution in [1.82, 2.24) is 0 Å². The lowest BCUT2D eigenvalue weighted by Crippen LogP contribution is -2.17. The number of aromatic carboxylic acids is 1. The van der Waals surface area contributed by atoms with E-state index >= 15 is 0 Å². The number of nitriles is 1. The van der Waals surface area contributed by atoms with Crippen molar-refractivity contribution in [3.05, 3.63) is 64.7 Å². The maximum absolute atomic E-state index is 12.2. The molecule has 1 amide bonds. The van der Waals surface area contributed by atoms with Crippen LogP contribution in [0.15, 0.2) is 42.5 Å².